The van der Waals surface area contributed by atoms with Crippen LogP contribution in [0.4, 0.5) is 13.2 Å². The number of aromatic nitrogens is 3. The van der Waals surface area contributed by atoms with Crippen LogP contribution in [0.3, 0.4) is 0 Å². The van der Waals surface area contributed by atoms with Gasteiger partial charge in [-0.25, -0.2) is 14.3 Å². The number of hydrogen-bond acceptors (Lipinski definition) is 7. The van der Waals surface area contributed by atoms with Crippen molar-refractivity contribution in [2.24, 2.45) is 7.05 Å². The number of benzene rings is 1. The first-order chi connectivity index (χ1) is 15.8. The first kappa shape index (κ1) is 26.9. The zero-order valence-electron chi connectivity index (χ0n) is 19.5. The molecule has 0 fully saturated rings. The molecular weight excluding hydrogens is 459 g/mol. The van der Waals surface area contributed by atoms with Gasteiger partial charge in [0.05, 0.1) is 13.2 Å². The molecule has 0 bridgehead atoms. The molecule has 0 saturated carbocycles. The third kappa shape index (κ3) is 7.63. The van der Waals surface area contributed by atoms with E-state index in [4.69, 9.17) is 14.2 Å². The van der Waals surface area contributed by atoms with Crippen LogP contribution >= 0.6 is 0 Å². The summed E-state index contributed by atoms with van der Waals surface area (Å²) in [4.78, 5) is 36.6. The zero-order chi connectivity index (χ0) is 25.5. The van der Waals surface area contributed by atoms with E-state index in [1.807, 2.05) is 0 Å². The maximum Gasteiger partial charge on any atom is 0.389 e. The first-order valence-electron chi connectivity index (χ1n) is 10.7. The lowest BCUT2D eigenvalue weighted by molar-refractivity contribution is -0.158. The largest absolute Gasteiger partial charge is 0.476 e. The maximum absolute atomic E-state index is 12.5. The fraction of sp³-hybridized carbons (Fsp3) is 0.545. The Morgan fingerprint density at radius 2 is 1.88 bits per heavy atom. The summed E-state index contributed by atoms with van der Waals surface area (Å²) in [5.74, 6) is -0.455. The molecule has 0 unspecified atom stereocenters. The maximum atomic E-state index is 12.5. The topological polar surface area (TPSA) is 102 Å². The Balaban J connectivity index is 2.05. The van der Waals surface area contributed by atoms with Crippen LogP contribution in [0.25, 0.3) is 0 Å². The summed E-state index contributed by atoms with van der Waals surface area (Å²) in [7, 11) is 1.28. The molecule has 0 aliphatic heterocycles. The Morgan fingerprint density at radius 1 is 1.18 bits per heavy atom. The number of halogens is 3. The number of carbonyl (C=O) groups excluding carboxylic acids is 1. The van der Waals surface area contributed by atoms with Crippen LogP contribution in [0, 0.1) is 0 Å². The highest BCUT2D eigenvalue weighted by Gasteiger charge is 2.31. The van der Waals surface area contributed by atoms with Crippen molar-refractivity contribution in [2.75, 3.05) is 13.2 Å². The zero-order valence-corrected chi connectivity index (χ0v) is 19.5. The molecule has 0 amide bonds. The molecule has 0 aliphatic carbocycles. The molecule has 0 saturated heterocycles. The lowest BCUT2D eigenvalue weighted by Gasteiger charge is -2.24. The quantitative estimate of drug-likeness (QED) is 0.449. The van der Waals surface area contributed by atoms with Gasteiger partial charge in [-0.2, -0.15) is 13.2 Å². The van der Waals surface area contributed by atoms with Crippen molar-refractivity contribution < 1.29 is 32.2 Å². The molecule has 1 aromatic carbocycles. The highest BCUT2D eigenvalue weighted by atomic mass is 19.4. The van der Waals surface area contributed by atoms with Crippen LogP contribution < -0.4 is 20.7 Å². The van der Waals surface area contributed by atoms with Gasteiger partial charge in [0.1, 0.15) is 5.75 Å². The number of esters is 1. The SMILES string of the molecule is CCOC(=O)C(C)(C)Oc1cccc(CCOc2nn(C)c(=O)n(CCCC(F)(F)F)c2=O)c1. The molecule has 12 heteroatoms. The second kappa shape index (κ2) is 11.2. The monoisotopic (exact) mass is 487 g/mol. The van der Waals surface area contributed by atoms with Gasteiger partial charge in [0.15, 0.2) is 5.60 Å². The average molecular weight is 487 g/mol. The Morgan fingerprint density at radius 3 is 2.53 bits per heavy atom. The van der Waals surface area contributed by atoms with Gasteiger partial charge >= 0.3 is 23.4 Å². The van der Waals surface area contributed by atoms with Crippen LogP contribution in [0.2, 0.25) is 0 Å². The number of rotatable bonds is 11. The minimum atomic E-state index is -4.38. The van der Waals surface area contributed by atoms with E-state index < -0.39 is 48.4 Å². The summed E-state index contributed by atoms with van der Waals surface area (Å²) in [5.41, 5.74) is -2.14. The minimum Gasteiger partial charge on any atom is -0.476 e. The van der Waals surface area contributed by atoms with Crippen molar-refractivity contribution in [1.29, 1.82) is 0 Å². The van der Waals surface area contributed by atoms with E-state index in [1.165, 1.54) is 7.05 Å². The summed E-state index contributed by atoms with van der Waals surface area (Å²) in [6.45, 7) is 4.71. The number of ether oxygens (including phenoxy) is 3. The third-order valence-electron chi connectivity index (χ3n) is 4.69. The van der Waals surface area contributed by atoms with Crippen molar-refractivity contribution in [2.45, 2.75) is 58.4 Å². The highest BCUT2D eigenvalue weighted by Crippen LogP contribution is 2.22. The van der Waals surface area contributed by atoms with Crippen molar-refractivity contribution in [3.63, 3.8) is 0 Å². The van der Waals surface area contributed by atoms with Gasteiger partial charge in [-0.3, -0.25) is 9.36 Å². The van der Waals surface area contributed by atoms with Gasteiger partial charge < -0.3 is 14.2 Å². The third-order valence-corrected chi connectivity index (χ3v) is 4.69. The Hall–Kier alpha value is -3.31. The lowest BCUT2D eigenvalue weighted by Crippen LogP contribution is -2.41. The number of alkyl halides is 3. The molecular formula is C22H28F3N3O6. The molecule has 2 aromatic rings. The molecule has 34 heavy (non-hydrogen) atoms. The van der Waals surface area contributed by atoms with E-state index in [9.17, 15) is 27.6 Å². The van der Waals surface area contributed by atoms with Gasteiger partial charge in [-0.1, -0.05) is 12.1 Å². The second-order valence-electron chi connectivity index (χ2n) is 7.97. The number of nitrogens with zero attached hydrogens (tertiary/aromatic N) is 3. The summed E-state index contributed by atoms with van der Waals surface area (Å²) in [6.07, 6.45) is -5.59. The predicted octanol–water partition coefficient (Wildman–Crippen LogP) is 2.63. The smallest absolute Gasteiger partial charge is 0.389 e. The summed E-state index contributed by atoms with van der Waals surface area (Å²) in [6, 6.07) is 6.90. The van der Waals surface area contributed by atoms with E-state index in [1.54, 1.807) is 45.0 Å². The minimum absolute atomic E-state index is 0.00766. The van der Waals surface area contributed by atoms with Crippen LogP contribution in [0.15, 0.2) is 33.9 Å². The fourth-order valence-electron chi connectivity index (χ4n) is 3.00. The van der Waals surface area contributed by atoms with Crippen molar-refractivity contribution in [3.05, 3.63) is 50.7 Å². The average Bonchev–Trinajstić information content (AvgIpc) is 2.73. The number of carbonyl (C=O) groups is 1. The van der Waals surface area contributed by atoms with Crippen LogP contribution in [-0.2, 0) is 29.5 Å². The molecule has 2 rings (SSSR count). The fourth-order valence-corrected chi connectivity index (χ4v) is 3.00. The highest BCUT2D eigenvalue weighted by molar-refractivity contribution is 5.79. The Bertz CT molecular complexity index is 1110. The molecule has 0 spiro atoms. The van der Waals surface area contributed by atoms with Gasteiger partial charge in [0.25, 0.3) is 5.88 Å². The standard InChI is InChI=1S/C22H28F3N3O6/c1-5-32-19(30)21(2,3)34-16-9-6-8-15(14-16)10-13-33-17-18(29)28(20(31)27(4)26-17)12-7-11-22(23,24)25/h6,8-9,14H,5,7,10-13H2,1-4H3. The second-order valence-corrected chi connectivity index (χ2v) is 7.97. The van der Waals surface area contributed by atoms with E-state index >= 15 is 0 Å². The predicted molar refractivity (Wildman–Crippen MR) is 116 cm³/mol. The van der Waals surface area contributed by atoms with Crippen molar-refractivity contribution in [1.82, 2.24) is 14.3 Å². The van der Waals surface area contributed by atoms with E-state index in [-0.39, 0.29) is 19.1 Å². The van der Waals surface area contributed by atoms with Gasteiger partial charge in [-0.05, 0) is 44.9 Å². The molecule has 0 atom stereocenters. The van der Waals surface area contributed by atoms with E-state index in [0.29, 0.717) is 16.7 Å². The Labute approximate surface area is 194 Å². The molecule has 9 nitrogen and oxygen atoms in total. The molecule has 1 aromatic heterocycles. The Kier molecular flexibility index (Phi) is 8.88. The molecule has 0 N–H and O–H groups in total. The van der Waals surface area contributed by atoms with Gasteiger partial charge in [-0.15, -0.1) is 5.10 Å². The van der Waals surface area contributed by atoms with E-state index in [2.05, 4.69) is 5.10 Å². The summed E-state index contributed by atoms with van der Waals surface area (Å²) >= 11 is 0. The number of aryl methyl sites for hydroxylation is 1. The van der Waals surface area contributed by atoms with Crippen LogP contribution in [0.5, 0.6) is 11.6 Å². The normalized spacial score (nSPS) is 11.9. The van der Waals surface area contributed by atoms with Crippen LogP contribution in [0.1, 0.15) is 39.2 Å². The molecule has 0 radical (unpaired) electrons. The summed E-state index contributed by atoms with van der Waals surface area (Å²) in [5, 5.41) is 3.77. The lowest BCUT2D eigenvalue weighted by atomic mass is 10.1. The molecule has 1 heterocycles. The first-order valence-corrected chi connectivity index (χ1v) is 10.7. The molecule has 0 aliphatic rings. The van der Waals surface area contributed by atoms with Gasteiger partial charge in [0, 0.05) is 26.4 Å². The van der Waals surface area contributed by atoms with E-state index in [0.717, 1.165) is 10.2 Å². The van der Waals surface area contributed by atoms with Crippen molar-refractivity contribution >= 4 is 5.97 Å². The van der Waals surface area contributed by atoms with Crippen molar-refractivity contribution in [3.8, 4) is 11.6 Å². The summed E-state index contributed by atoms with van der Waals surface area (Å²) < 4.78 is 54.9. The van der Waals surface area contributed by atoms with Crippen LogP contribution in [-0.4, -0.2) is 45.3 Å². The molecule has 188 valence electrons. The van der Waals surface area contributed by atoms with Gasteiger partial charge in [0.2, 0.25) is 0 Å². The number of hydrogen-bond donors (Lipinski definition) is 0.